The van der Waals surface area contributed by atoms with Gasteiger partial charge in [-0.15, -0.1) is 0 Å². The largest absolute Gasteiger partial charge is 0.488 e. The van der Waals surface area contributed by atoms with Gasteiger partial charge in [0.1, 0.15) is 22.5 Å². The Morgan fingerprint density at radius 3 is 2.56 bits per heavy atom. The summed E-state index contributed by atoms with van der Waals surface area (Å²) in [5.41, 5.74) is 2.26. The third kappa shape index (κ3) is 6.34. The predicted octanol–water partition coefficient (Wildman–Crippen LogP) is 4.69. The Kier molecular flexibility index (Phi) is 8.46. The minimum absolute atomic E-state index is 0.0829. The number of fused-ring (bicyclic) bond motifs is 1. The van der Waals surface area contributed by atoms with Gasteiger partial charge in [-0.05, 0) is 68.1 Å². The number of aliphatic carboxylic acids is 1. The number of aryl methyl sites for hydroxylation is 1. The van der Waals surface area contributed by atoms with Crippen LogP contribution in [0.4, 0.5) is 0 Å². The van der Waals surface area contributed by atoms with Crippen LogP contribution in [0.3, 0.4) is 0 Å². The van der Waals surface area contributed by atoms with Crippen LogP contribution in [0.15, 0.2) is 63.9 Å². The molecule has 10 heteroatoms. The molecule has 39 heavy (non-hydrogen) atoms. The van der Waals surface area contributed by atoms with Gasteiger partial charge >= 0.3 is 5.97 Å². The van der Waals surface area contributed by atoms with Gasteiger partial charge in [0.2, 0.25) is 10.0 Å². The van der Waals surface area contributed by atoms with E-state index in [-0.39, 0.29) is 48.2 Å². The van der Waals surface area contributed by atoms with Gasteiger partial charge < -0.3 is 19.6 Å². The second-order valence-corrected chi connectivity index (χ2v) is 12.0. The highest BCUT2D eigenvalue weighted by Gasteiger charge is 2.34. The molecule has 2 N–H and O–H groups in total. The summed E-state index contributed by atoms with van der Waals surface area (Å²) in [6, 6.07) is 15.2. The molecule has 0 saturated carbocycles. The Morgan fingerprint density at radius 1 is 1.13 bits per heavy atom. The molecule has 1 aliphatic heterocycles. The lowest BCUT2D eigenvalue weighted by Crippen LogP contribution is -2.36. The monoisotopic (exact) mass is 554 g/mol. The Balaban J connectivity index is 1.69. The lowest BCUT2D eigenvalue weighted by atomic mass is 9.90. The van der Waals surface area contributed by atoms with Crippen molar-refractivity contribution in [2.24, 2.45) is 0 Å². The normalized spacial score (nSPS) is 17.6. The maximum absolute atomic E-state index is 13.6. The summed E-state index contributed by atoms with van der Waals surface area (Å²) in [6.07, 6.45) is 0.0541. The van der Waals surface area contributed by atoms with E-state index in [4.69, 9.17) is 9.15 Å². The van der Waals surface area contributed by atoms with E-state index in [9.17, 15) is 23.1 Å². The van der Waals surface area contributed by atoms with Crippen LogP contribution in [-0.2, 0) is 21.4 Å². The molecule has 2 aromatic carbocycles. The number of amides is 1. The molecule has 1 aromatic heterocycles. The Bertz CT molecular complexity index is 1460. The molecule has 4 rings (SSSR count). The van der Waals surface area contributed by atoms with Crippen molar-refractivity contribution in [3.8, 4) is 5.75 Å². The first-order chi connectivity index (χ1) is 18.5. The lowest BCUT2D eigenvalue weighted by Gasteiger charge is -2.24. The van der Waals surface area contributed by atoms with Crippen LogP contribution in [0.1, 0.15) is 72.5 Å². The number of carbonyl (C=O) groups is 2. The highest BCUT2D eigenvalue weighted by atomic mass is 32.2. The number of carbonyl (C=O) groups excluding carboxylic acids is 1. The number of rotatable bonds is 9. The number of carboxylic acids is 1. The maximum Gasteiger partial charge on any atom is 0.304 e. The van der Waals surface area contributed by atoms with Crippen molar-refractivity contribution in [1.82, 2.24) is 9.62 Å². The highest BCUT2D eigenvalue weighted by molar-refractivity contribution is 7.89. The summed E-state index contributed by atoms with van der Waals surface area (Å²) in [4.78, 5) is 24.3. The summed E-state index contributed by atoms with van der Waals surface area (Å²) in [6.45, 7) is 7.78. The summed E-state index contributed by atoms with van der Waals surface area (Å²) in [5, 5.41) is 12.4. The second kappa shape index (κ2) is 11.6. The van der Waals surface area contributed by atoms with E-state index in [0.29, 0.717) is 23.5 Å². The zero-order valence-corrected chi connectivity index (χ0v) is 23.3. The number of sulfonamides is 1. The van der Waals surface area contributed by atoms with Crippen LogP contribution in [-0.4, -0.2) is 48.4 Å². The average molecular weight is 555 g/mol. The third-order valence-corrected chi connectivity index (χ3v) is 8.59. The molecule has 208 valence electrons. The fourth-order valence-corrected chi connectivity index (χ4v) is 6.20. The van der Waals surface area contributed by atoms with Crippen molar-refractivity contribution >= 4 is 21.9 Å². The van der Waals surface area contributed by atoms with Crippen LogP contribution in [0, 0.1) is 6.92 Å². The molecule has 0 bridgehead atoms. The highest BCUT2D eigenvalue weighted by Crippen LogP contribution is 2.35. The minimum Gasteiger partial charge on any atom is -0.488 e. The first-order valence-electron chi connectivity index (χ1n) is 13.0. The van der Waals surface area contributed by atoms with Gasteiger partial charge in [0.05, 0.1) is 18.9 Å². The minimum atomic E-state index is -3.85. The van der Waals surface area contributed by atoms with E-state index in [0.717, 1.165) is 11.1 Å². The molecule has 2 atom stereocenters. The van der Waals surface area contributed by atoms with Crippen molar-refractivity contribution in [2.45, 2.75) is 70.0 Å². The summed E-state index contributed by atoms with van der Waals surface area (Å²) < 4.78 is 40.5. The zero-order chi connectivity index (χ0) is 28.3. The molecule has 1 unspecified atom stereocenters. The van der Waals surface area contributed by atoms with Crippen LogP contribution in [0.5, 0.6) is 5.75 Å². The van der Waals surface area contributed by atoms with E-state index >= 15 is 0 Å². The number of furan rings is 1. The number of ether oxygens (including phenoxy) is 1. The molecule has 0 aliphatic carbocycles. The van der Waals surface area contributed by atoms with E-state index in [1.165, 1.54) is 10.4 Å². The number of hydrogen-bond donors (Lipinski definition) is 2. The van der Waals surface area contributed by atoms with E-state index < -0.39 is 21.9 Å². The SMILES string of the molecule is CC[C@@H]1CN(Cc2cc(C(CC(=O)O)c3ccc(C(=O)NC(C)C)o3)ccc2C)S(=O)(=O)c2ccccc2O1. The number of nitrogens with one attached hydrogen (secondary N) is 1. The molecule has 9 nitrogen and oxygen atoms in total. The Hall–Kier alpha value is -3.63. The van der Waals surface area contributed by atoms with Crippen molar-refractivity contribution in [3.05, 3.63) is 82.8 Å². The van der Waals surface area contributed by atoms with E-state index in [2.05, 4.69) is 5.32 Å². The molecule has 0 spiro atoms. The average Bonchev–Trinajstić information content (AvgIpc) is 3.34. The topological polar surface area (TPSA) is 126 Å². The summed E-state index contributed by atoms with van der Waals surface area (Å²) in [7, 11) is -3.85. The fraction of sp³-hybridized carbons (Fsp3) is 0.379. The van der Waals surface area contributed by atoms with Gasteiger partial charge in [-0.2, -0.15) is 4.31 Å². The smallest absolute Gasteiger partial charge is 0.304 e. The molecule has 3 aromatic rings. The first-order valence-corrected chi connectivity index (χ1v) is 14.4. The van der Waals surface area contributed by atoms with E-state index in [1.807, 2.05) is 45.9 Å². The van der Waals surface area contributed by atoms with Gasteiger partial charge in [-0.3, -0.25) is 9.59 Å². The van der Waals surface area contributed by atoms with Gasteiger partial charge in [-0.25, -0.2) is 8.42 Å². The molecular weight excluding hydrogens is 520 g/mol. The van der Waals surface area contributed by atoms with Crippen LogP contribution < -0.4 is 10.1 Å². The van der Waals surface area contributed by atoms with Gasteiger partial charge in [0, 0.05) is 12.6 Å². The molecule has 0 fully saturated rings. The van der Waals surface area contributed by atoms with Gasteiger partial charge in [0.25, 0.3) is 5.91 Å². The fourth-order valence-electron chi connectivity index (χ4n) is 4.63. The Morgan fingerprint density at radius 2 is 1.87 bits per heavy atom. The van der Waals surface area contributed by atoms with Gasteiger partial charge in [0.15, 0.2) is 5.76 Å². The molecule has 1 aliphatic rings. The summed E-state index contributed by atoms with van der Waals surface area (Å²) in [5.74, 6) is -1.29. The van der Waals surface area contributed by atoms with Crippen LogP contribution in [0.25, 0.3) is 0 Å². The second-order valence-electron chi connectivity index (χ2n) is 10.1. The number of para-hydroxylation sites is 1. The summed E-state index contributed by atoms with van der Waals surface area (Å²) >= 11 is 0. The Labute approximate surface area is 228 Å². The van der Waals surface area contributed by atoms with Gasteiger partial charge in [-0.1, -0.05) is 37.3 Å². The van der Waals surface area contributed by atoms with Crippen molar-refractivity contribution in [3.63, 3.8) is 0 Å². The van der Waals surface area contributed by atoms with E-state index in [1.54, 1.807) is 30.3 Å². The molecule has 1 amide bonds. The van der Waals surface area contributed by atoms with Crippen molar-refractivity contribution in [2.75, 3.05) is 6.54 Å². The molecular formula is C29H34N2O7S. The number of nitrogens with zero attached hydrogens (tertiary/aromatic N) is 1. The quantitative estimate of drug-likeness (QED) is 0.393. The number of hydrogen-bond acceptors (Lipinski definition) is 6. The van der Waals surface area contributed by atoms with Crippen molar-refractivity contribution in [1.29, 1.82) is 0 Å². The molecule has 0 radical (unpaired) electrons. The maximum atomic E-state index is 13.6. The standard InChI is InChI=1S/C29H34N2O7S/c1-5-22-17-31(39(35,36)27-9-7-6-8-25(27)37-22)16-21-14-20(11-10-19(21)4)23(15-28(32)33)24-12-13-26(38-24)29(34)30-18(2)3/h6-14,18,22-23H,5,15-17H2,1-4H3,(H,30,34)(H,32,33)/t22-,23?/m1/s1. The zero-order valence-electron chi connectivity index (χ0n) is 22.5. The molecule has 2 heterocycles. The number of benzene rings is 2. The van der Waals surface area contributed by atoms with Crippen LogP contribution >= 0.6 is 0 Å². The van der Waals surface area contributed by atoms with Crippen molar-refractivity contribution < 1.29 is 32.3 Å². The predicted molar refractivity (Wildman–Crippen MR) is 145 cm³/mol. The third-order valence-electron chi connectivity index (χ3n) is 6.74. The number of carboxylic acid groups (broad SMARTS) is 1. The van der Waals surface area contributed by atoms with Crippen LogP contribution in [0.2, 0.25) is 0 Å². The first kappa shape index (κ1) is 28.4. The molecule has 0 saturated heterocycles. The lowest BCUT2D eigenvalue weighted by molar-refractivity contribution is -0.137.